The number of hydrogen-bond acceptors (Lipinski definition) is 11. The number of hydrogen-bond donors (Lipinski definition) is 3. The Morgan fingerprint density at radius 2 is 2.08 bits per heavy atom. The van der Waals surface area contributed by atoms with E-state index in [2.05, 4.69) is 21.4 Å². The Morgan fingerprint density at radius 1 is 1.35 bits per heavy atom. The van der Waals surface area contributed by atoms with E-state index in [0.29, 0.717) is 12.0 Å². The van der Waals surface area contributed by atoms with Gasteiger partial charge in [0.2, 0.25) is 6.29 Å². The average molecular weight is 519 g/mol. The molecule has 0 radical (unpaired) electrons. The predicted molar refractivity (Wildman–Crippen MR) is 131 cm³/mol. The number of aliphatic hydroxyl groups is 1. The largest absolute Gasteiger partial charge is 0.506 e. The fourth-order valence-electron chi connectivity index (χ4n) is 4.20. The molecular weight excluding hydrogens is 488 g/mol. The zero-order chi connectivity index (χ0) is 27.3. The number of nitrogens with zero attached hydrogens (tertiary/aromatic N) is 1. The number of carbonyl (C=O) groups is 1. The van der Waals surface area contributed by atoms with Crippen LogP contribution in [0.4, 0.5) is 4.79 Å². The SMILES string of the molecule is C#CCONC(=O)O[C@@H]1[C@@H](C)[C@H](CC)OC(Oc2ccc3c(O)c(/C(C)=N\OC)c(=O)oc3c2C)[C@@H]1O. The fourth-order valence-corrected chi connectivity index (χ4v) is 4.20. The Hall–Kier alpha value is -3.79. The number of aromatic hydroxyl groups is 1. The van der Waals surface area contributed by atoms with Crippen LogP contribution >= 0.6 is 0 Å². The average Bonchev–Trinajstić information content (AvgIpc) is 2.85. The minimum Gasteiger partial charge on any atom is -0.506 e. The number of fused-ring (bicyclic) bond motifs is 1. The molecule has 0 bridgehead atoms. The van der Waals surface area contributed by atoms with Gasteiger partial charge < -0.3 is 33.7 Å². The van der Waals surface area contributed by atoms with Crippen LogP contribution in [-0.2, 0) is 19.1 Å². The molecule has 0 saturated carbocycles. The smallest absolute Gasteiger partial charge is 0.431 e. The number of ether oxygens (including phenoxy) is 3. The molecule has 5 atom stereocenters. The normalized spacial score (nSPS) is 23.8. The van der Waals surface area contributed by atoms with E-state index >= 15 is 0 Å². The van der Waals surface area contributed by atoms with Crippen molar-refractivity contribution in [3.8, 4) is 23.8 Å². The van der Waals surface area contributed by atoms with Crippen molar-refractivity contribution in [2.75, 3.05) is 13.7 Å². The molecule has 3 rings (SSSR count). The van der Waals surface area contributed by atoms with E-state index in [1.807, 2.05) is 6.92 Å². The van der Waals surface area contributed by atoms with Crippen LogP contribution in [0.3, 0.4) is 0 Å². The maximum absolute atomic E-state index is 12.6. The number of carbonyl (C=O) groups excluding carboxylic acids is 1. The second kappa shape index (κ2) is 12.0. The summed E-state index contributed by atoms with van der Waals surface area (Å²) in [7, 11) is 1.32. The highest BCUT2D eigenvalue weighted by atomic mass is 16.7. The highest BCUT2D eigenvalue weighted by Crippen LogP contribution is 2.36. The number of benzene rings is 1. The van der Waals surface area contributed by atoms with E-state index in [1.165, 1.54) is 26.2 Å². The molecule has 0 aliphatic carbocycles. The number of amides is 1. The molecule has 1 fully saturated rings. The van der Waals surface area contributed by atoms with Gasteiger partial charge in [-0.1, -0.05) is 24.9 Å². The summed E-state index contributed by atoms with van der Waals surface area (Å²) in [5.41, 5.74) is 1.71. The number of nitrogens with one attached hydrogen (secondary N) is 1. The number of terminal acetylenes is 1. The third-order valence-electron chi connectivity index (χ3n) is 6.07. The van der Waals surface area contributed by atoms with Gasteiger partial charge in [0.1, 0.15) is 42.5 Å². The van der Waals surface area contributed by atoms with Gasteiger partial charge in [-0.2, -0.15) is 5.48 Å². The molecule has 12 nitrogen and oxygen atoms in total. The lowest BCUT2D eigenvalue weighted by molar-refractivity contribution is -0.255. The molecule has 1 saturated heterocycles. The quantitative estimate of drug-likeness (QED) is 0.156. The van der Waals surface area contributed by atoms with Gasteiger partial charge in [0.05, 0.1) is 17.2 Å². The van der Waals surface area contributed by atoms with Crippen molar-refractivity contribution in [2.24, 2.45) is 11.1 Å². The third kappa shape index (κ3) is 5.80. The van der Waals surface area contributed by atoms with Crippen LogP contribution in [-0.4, -0.2) is 60.3 Å². The molecule has 200 valence electrons. The van der Waals surface area contributed by atoms with Crippen molar-refractivity contribution in [1.29, 1.82) is 0 Å². The summed E-state index contributed by atoms with van der Waals surface area (Å²) in [4.78, 5) is 34.2. The molecule has 0 spiro atoms. The Bertz CT molecular complexity index is 1260. The van der Waals surface area contributed by atoms with E-state index in [9.17, 15) is 19.8 Å². The molecule has 1 aliphatic rings. The molecule has 12 heteroatoms. The Morgan fingerprint density at radius 3 is 2.73 bits per heavy atom. The Labute approximate surface area is 213 Å². The zero-order valence-electron chi connectivity index (χ0n) is 21.1. The van der Waals surface area contributed by atoms with Crippen molar-refractivity contribution in [3.05, 3.63) is 33.7 Å². The summed E-state index contributed by atoms with van der Waals surface area (Å²) in [5.74, 6) is 1.73. The second-order valence-electron chi connectivity index (χ2n) is 8.42. The van der Waals surface area contributed by atoms with Gasteiger partial charge in [-0.05, 0) is 32.4 Å². The summed E-state index contributed by atoms with van der Waals surface area (Å²) in [6.45, 7) is 6.62. The Balaban J connectivity index is 1.91. The first-order valence-corrected chi connectivity index (χ1v) is 11.5. The van der Waals surface area contributed by atoms with Crippen molar-refractivity contribution in [1.82, 2.24) is 5.48 Å². The number of aliphatic hydroxyl groups excluding tert-OH is 1. The fraction of sp³-hybridized carbons (Fsp3) is 0.480. The first-order valence-electron chi connectivity index (χ1n) is 11.5. The number of rotatable bonds is 8. The summed E-state index contributed by atoms with van der Waals surface area (Å²) < 4.78 is 22.8. The maximum Gasteiger partial charge on any atom is 0.431 e. The number of hydroxylamine groups is 1. The molecule has 37 heavy (non-hydrogen) atoms. The highest BCUT2D eigenvalue weighted by molar-refractivity contribution is 6.04. The first-order chi connectivity index (χ1) is 17.6. The molecular formula is C25H30N2O10. The van der Waals surface area contributed by atoms with Crippen LogP contribution < -0.4 is 15.8 Å². The van der Waals surface area contributed by atoms with E-state index in [1.54, 1.807) is 13.8 Å². The van der Waals surface area contributed by atoms with Gasteiger partial charge in [-0.15, -0.1) is 6.42 Å². The first kappa shape index (κ1) is 27.8. The number of oxime groups is 1. The lowest BCUT2D eigenvalue weighted by Gasteiger charge is -2.42. The van der Waals surface area contributed by atoms with Gasteiger partial charge >= 0.3 is 11.7 Å². The topological polar surface area (TPSA) is 158 Å². The standard InChI is InChI=1S/C25H30N2O10/c1-7-11-33-27-25(31)37-22-12(3)16(8-2)34-24(20(22)29)35-17-10-9-15-19(28)18(14(5)26-32-6)23(30)36-21(15)13(17)4/h1,9-10,12,16,20,22,24,28-29H,8,11H2,2-6H3,(H,27,31)/b26-14-/t12-,16-,20+,22+,24?/m0/s1. The van der Waals surface area contributed by atoms with Crippen LogP contribution in [0.25, 0.3) is 11.0 Å². The third-order valence-corrected chi connectivity index (χ3v) is 6.07. The molecule has 2 heterocycles. The molecule has 3 N–H and O–H groups in total. The van der Waals surface area contributed by atoms with Crippen LogP contribution in [0.2, 0.25) is 0 Å². The molecule has 1 aliphatic heterocycles. The van der Waals surface area contributed by atoms with Crippen LogP contribution in [0.15, 0.2) is 26.5 Å². The minimum atomic E-state index is -1.37. The monoisotopic (exact) mass is 518 g/mol. The van der Waals surface area contributed by atoms with Crippen LogP contribution in [0.1, 0.15) is 38.3 Å². The van der Waals surface area contributed by atoms with E-state index in [0.717, 1.165) is 0 Å². The predicted octanol–water partition coefficient (Wildman–Crippen LogP) is 2.35. The van der Waals surface area contributed by atoms with Gasteiger partial charge in [-0.25, -0.2) is 9.59 Å². The highest BCUT2D eigenvalue weighted by Gasteiger charge is 2.46. The molecule has 1 aromatic heterocycles. The van der Waals surface area contributed by atoms with Gasteiger partial charge in [0.15, 0.2) is 6.10 Å². The number of aryl methyl sites for hydroxylation is 1. The van der Waals surface area contributed by atoms with Gasteiger partial charge in [0.25, 0.3) is 0 Å². The van der Waals surface area contributed by atoms with E-state index in [-0.39, 0.29) is 46.3 Å². The van der Waals surface area contributed by atoms with Gasteiger partial charge in [0, 0.05) is 11.5 Å². The Kier molecular flexibility index (Phi) is 8.99. The summed E-state index contributed by atoms with van der Waals surface area (Å²) in [6, 6.07) is 3.04. The van der Waals surface area contributed by atoms with Crippen molar-refractivity contribution in [3.63, 3.8) is 0 Å². The second-order valence-corrected chi connectivity index (χ2v) is 8.42. The summed E-state index contributed by atoms with van der Waals surface area (Å²) in [5, 5.41) is 25.6. The lowest BCUT2D eigenvalue weighted by Crippen LogP contribution is -2.57. The lowest BCUT2D eigenvalue weighted by atomic mass is 9.89. The molecule has 1 aromatic carbocycles. The van der Waals surface area contributed by atoms with E-state index in [4.69, 9.17) is 29.9 Å². The maximum atomic E-state index is 12.6. The summed E-state index contributed by atoms with van der Waals surface area (Å²) in [6.07, 6.45) is 0.698. The molecule has 2 aromatic rings. The van der Waals surface area contributed by atoms with Crippen LogP contribution in [0, 0.1) is 25.2 Å². The van der Waals surface area contributed by atoms with Crippen molar-refractivity contribution >= 4 is 22.8 Å². The minimum absolute atomic E-state index is 0.0810. The van der Waals surface area contributed by atoms with E-state index < -0.39 is 36.3 Å². The van der Waals surface area contributed by atoms with Crippen molar-refractivity contribution < 1.29 is 43.3 Å². The summed E-state index contributed by atoms with van der Waals surface area (Å²) >= 11 is 0. The van der Waals surface area contributed by atoms with Crippen LogP contribution in [0.5, 0.6) is 11.5 Å². The molecule has 1 amide bonds. The zero-order valence-corrected chi connectivity index (χ0v) is 21.1. The van der Waals surface area contributed by atoms with Crippen molar-refractivity contribution in [2.45, 2.75) is 58.7 Å². The molecule has 1 unspecified atom stereocenters. The van der Waals surface area contributed by atoms with Gasteiger partial charge in [-0.3, -0.25) is 4.84 Å².